The van der Waals surface area contributed by atoms with Gasteiger partial charge in [-0.2, -0.15) is 0 Å². The Morgan fingerprint density at radius 3 is 2.63 bits per heavy atom. The molecule has 0 amide bonds. The first-order valence-corrected chi connectivity index (χ1v) is 9.98. The van der Waals surface area contributed by atoms with Crippen molar-refractivity contribution in [3.63, 3.8) is 0 Å². The number of ether oxygens (including phenoxy) is 1. The Kier molecular flexibility index (Phi) is 6.52. The normalized spacial score (nSPS) is 17.7. The SMILES string of the molecule is COc1ccc(Sc2ccc(Cl)cc2N2CCN(CC(=O)O)[C@H](C)C2)cc1. The average molecular weight is 407 g/mol. The van der Waals surface area contributed by atoms with Crippen molar-refractivity contribution in [2.45, 2.75) is 22.8 Å². The van der Waals surface area contributed by atoms with E-state index >= 15 is 0 Å². The number of hydrogen-bond donors (Lipinski definition) is 1. The predicted molar refractivity (Wildman–Crippen MR) is 109 cm³/mol. The van der Waals surface area contributed by atoms with E-state index in [1.54, 1.807) is 18.9 Å². The number of rotatable bonds is 6. The van der Waals surface area contributed by atoms with Gasteiger partial charge in [-0.3, -0.25) is 9.69 Å². The van der Waals surface area contributed by atoms with Crippen molar-refractivity contribution in [3.05, 3.63) is 47.5 Å². The van der Waals surface area contributed by atoms with Crippen LogP contribution in [0.2, 0.25) is 5.02 Å². The third-order valence-electron chi connectivity index (χ3n) is 4.65. The van der Waals surface area contributed by atoms with Crippen LogP contribution >= 0.6 is 23.4 Å². The first kappa shape index (κ1) is 19.9. The molecule has 144 valence electrons. The van der Waals surface area contributed by atoms with Crippen LogP contribution in [0.15, 0.2) is 52.3 Å². The van der Waals surface area contributed by atoms with Crippen LogP contribution in [0.1, 0.15) is 6.92 Å². The number of aliphatic carboxylic acids is 1. The van der Waals surface area contributed by atoms with Crippen molar-refractivity contribution in [1.82, 2.24) is 4.90 Å². The highest BCUT2D eigenvalue weighted by Crippen LogP contribution is 2.38. The molecule has 0 unspecified atom stereocenters. The molecule has 1 N–H and O–H groups in total. The molecular weight excluding hydrogens is 384 g/mol. The van der Waals surface area contributed by atoms with Gasteiger partial charge in [-0.25, -0.2) is 0 Å². The van der Waals surface area contributed by atoms with Crippen molar-refractivity contribution in [2.75, 3.05) is 38.2 Å². The fourth-order valence-electron chi connectivity index (χ4n) is 3.22. The fourth-order valence-corrected chi connectivity index (χ4v) is 4.34. The molecule has 0 saturated carbocycles. The van der Waals surface area contributed by atoms with Crippen LogP contribution in [0.5, 0.6) is 5.75 Å². The molecule has 0 bridgehead atoms. The summed E-state index contributed by atoms with van der Waals surface area (Å²) in [5.74, 6) is 0.0489. The van der Waals surface area contributed by atoms with E-state index < -0.39 is 5.97 Å². The molecule has 3 rings (SSSR count). The van der Waals surface area contributed by atoms with E-state index in [2.05, 4.69) is 11.8 Å². The van der Waals surface area contributed by atoms with Crippen LogP contribution < -0.4 is 9.64 Å². The molecule has 2 aromatic rings. The maximum atomic E-state index is 11.0. The highest BCUT2D eigenvalue weighted by Gasteiger charge is 2.26. The number of piperazine rings is 1. The van der Waals surface area contributed by atoms with Crippen LogP contribution in [-0.4, -0.2) is 55.3 Å². The Bertz CT molecular complexity index is 800. The van der Waals surface area contributed by atoms with E-state index in [-0.39, 0.29) is 12.6 Å². The number of anilines is 1. The third kappa shape index (κ3) is 5.09. The molecule has 0 aliphatic carbocycles. The number of methoxy groups -OCH3 is 1. The molecule has 1 heterocycles. The standard InChI is InChI=1S/C20H23ClN2O3S/c1-14-12-23(10-9-22(14)13-20(24)25)18-11-15(21)3-8-19(18)27-17-6-4-16(26-2)5-7-17/h3-8,11,14H,9-10,12-13H2,1-2H3,(H,24,25)/t14-/m1/s1. The summed E-state index contributed by atoms with van der Waals surface area (Å²) < 4.78 is 5.22. The summed E-state index contributed by atoms with van der Waals surface area (Å²) in [7, 11) is 1.66. The summed E-state index contributed by atoms with van der Waals surface area (Å²) in [6.07, 6.45) is 0. The van der Waals surface area contributed by atoms with E-state index in [4.69, 9.17) is 21.4 Å². The van der Waals surface area contributed by atoms with Crippen molar-refractivity contribution in [2.24, 2.45) is 0 Å². The van der Waals surface area contributed by atoms with E-state index in [0.717, 1.165) is 34.3 Å². The van der Waals surface area contributed by atoms with Crippen molar-refractivity contribution < 1.29 is 14.6 Å². The number of carbonyl (C=O) groups is 1. The van der Waals surface area contributed by atoms with Gasteiger partial charge < -0.3 is 14.7 Å². The number of nitrogens with zero attached hydrogens (tertiary/aromatic N) is 2. The minimum Gasteiger partial charge on any atom is -0.497 e. The van der Waals surface area contributed by atoms with Crippen LogP contribution in [0, 0.1) is 0 Å². The molecule has 27 heavy (non-hydrogen) atoms. The summed E-state index contributed by atoms with van der Waals surface area (Å²) in [5, 5.41) is 9.76. The number of hydrogen-bond acceptors (Lipinski definition) is 5. The maximum absolute atomic E-state index is 11.0. The van der Waals surface area contributed by atoms with Gasteiger partial charge in [0.25, 0.3) is 0 Å². The maximum Gasteiger partial charge on any atom is 0.317 e. The van der Waals surface area contributed by atoms with E-state index in [9.17, 15) is 4.79 Å². The van der Waals surface area contributed by atoms with Crippen molar-refractivity contribution >= 4 is 35.0 Å². The van der Waals surface area contributed by atoms with E-state index in [1.165, 1.54) is 0 Å². The quantitative estimate of drug-likeness (QED) is 0.779. The Balaban J connectivity index is 1.79. The fraction of sp³-hybridized carbons (Fsp3) is 0.350. The molecule has 1 atom stereocenters. The lowest BCUT2D eigenvalue weighted by atomic mass is 10.1. The summed E-state index contributed by atoms with van der Waals surface area (Å²) >= 11 is 7.96. The van der Waals surface area contributed by atoms with Crippen molar-refractivity contribution in [1.29, 1.82) is 0 Å². The lowest BCUT2D eigenvalue weighted by molar-refractivity contribution is -0.138. The molecule has 1 aliphatic rings. The largest absolute Gasteiger partial charge is 0.497 e. The highest BCUT2D eigenvalue weighted by atomic mass is 35.5. The number of halogens is 1. The molecule has 1 fully saturated rings. The summed E-state index contributed by atoms with van der Waals surface area (Å²) in [6.45, 7) is 4.40. The van der Waals surface area contributed by atoms with Crippen molar-refractivity contribution in [3.8, 4) is 5.75 Å². The summed E-state index contributed by atoms with van der Waals surface area (Å²) in [5.41, 5.74) is 1.09. The molecule has 1 aliphatic heterocycles. The molecule has 0 aromatic heterocycles. The van der Waals surface area contributed by atoms with Gasteiger partial charge in [0.1, 0.15) is 5.75 Å². The molecule has 2 aromatic carbocycles. The second-order valence-corrected chi connectivity index (χ2v) is 8.10. The van der Waals surface area contributed by atoms with Crippen LogP contribution in [-0.2, 0) is 4.79 Å². The van der Waals surface area contributed by atoms with Crippen LogP contribution in [0.25, 0.3) is 0 Å². The Morgan fingerprint density at radius 2 is 2.00 bits per heavy atom. The minimum atomic E-state index is -0.784. The second-order valence-electron chi connectivity index (χ2n) is 6.55. The molecule has 0 spiro atoms. The zero-order valence-corrected chi connectivity index (χ0v) is 17.0. The van der Waals surface area contributed by atoms with Gasteiger partial charge in [-0.1, -0.05) is 23.4 Å². The van der Waals surface area contributed by atoms with Gasteiger partial charge in [0, 0.05) is 40.5 Å². The zero-order chi connectivity index (χ0) is 19.4. The Hall–Kier alpha value is -1.89. The predicted octanol–water partition coefficient (Wildman–Crippen LogP) is 4.09. The van der Waals surface area contributed by atoms with Crippen LogP contribution in [0.3, 0.4) is 0 Å². The summed E-state index contributed by atoms with van der Waals surface area (Å²) in [4.78, 5) is 17.6. The third-order valence-corrected chi connectivity index (χ3v) is 5.96. The Labute approximate surface area is 168 Å². The number of carboxylic acids is 1. The number of carboxylic acid groups (broad SMARTS) is 1. The smallest absolute Gasteiger partial charge is 0.317 e. The monoisotopic (exact) mass is 406 g/mol. The topological polar surface area (TPSA) is 53.0 Å². The molecular formula is C20H23ClN2O3S. The summed E-state index contributed by atoms with van der Waals surface area (Å²) in [6, 6.07) is 14.1. The molecule has 5 nitrogen and oxygen atoms in total. The lowest BCUT2D eigenvalue weighted by Crippen LogP contribution is -2.53. The van der Waals surface area contributed by atoms with E-state index in [1.807, 2.05) is 47.4 Å². The second kappa shape index (κ2) is 8.87. The molecule has 1 saturated heterocycles. The Morgan fingerprint density at radius 1 is 1.26 bits per heavy atom. The van der Waals surface area contributed by atoms with Gasteiger partial charge in [-0.05, 0) is 49.4 Å². The molecule has 0 radical (unpaired) electrons. The van der Waals surface area contributed by atoms with E-state index in [0.29, 0.717) is 11.6 Å². The van der Waals surface area contributed by atoms with Crippen LogP contribution in [0.4, 0.5) is 5.69 Å². The first-order chi connectivity index (χ1) is 13.0. The van der Waals surface area contributed by atoms with Gasteiger partial charge in [-0.15, -0.1) is 0 Å². The molecule has 7 heteroatoms. The van der Waals surface area contributed by atoms with Gasteiger partial charge in [0.15, 0.2) is 0 Å². The minimum absolute atomic E-state index is 0.0814. The van der Waals surface area contributed by atoms with Gasteiger partial charge in [0.05, 0.1) is 19.3 Å². The zero-order valence-electron chi connectivity index (χ0n) is 15.4. The van der Waals surface area contributed by atoms with Gasteiger partial charge in [0.2, 0.25) is 0 Å². The first-order valence-electron chi connectivity index (χ1n) is 8.78. The number of benzene rings is 2. The van der Waals surface area contributed by atoms with Gasteiger partial charge >= 0.3 is 5.97 Å². The average Bonchev–Trinajstić information content (AvgIpc) is 2.65. The highest BCUT2D eigenvalue weighted by molar-refractivity contribution is 7.99. The lowest BCUT2D eigenvalue weighted by Gasteiger charge is -2.40.